The molecule has 0 aromatic heterocycles. The fraction of sp³-hybridized carbons (Fsp3) is 0.429. The van der Waals surface area contributed by atoms with Crippen LogP contribution in [0.25, 0.3) is 0 Å². The van der Waals surface area contributed by atoms with E-state index in [1.807, 2.05) is 24.3 Å². The van der Waals surface area contributed by atoms with Crippen molar-refractivity contribution in [2.24, 2.45) is 5.92 Å². The lowest BCUT2D eigenvalue weighted by molar-refractivity contribution is -0.141. The summed E-state index contributed by atoms with van der Waals surface area (Å²) >= 11 is 0. The van der Waals surface area contributed by atoms with Crippen LogP contribution in [0, 0.1) is 5.92 Å². The predicted molar refractivity (Wildman–Crippen MR) is 67.0 cm³/mol. The number of rotatable bonds is 2. The number of hydrogen-bond donors (Lipinski definition) is 1. The molecule has 2 aliphatic heterocycles. The highest BCUT2D eigenvalue weighted by atomic mass is 16.5. The zero-order chi connectivity index (χ0) is 13.4. The van der Waals surface area contributed by atoms with Crippen molar-refractivity contribution in [2.75, 3.05) is 19.7 Å². The molecule has 1 amide bonds. The Balaban J connectivity index is 1.74. The molecule has 2 heterocycles. The van der Waals surface area contributed by atoms with E-state index in [0.29, 0.717) is 26.1 Å². The van der Waals surface area contributed by atoms with Gasteiger partial charge < -0.3 is 14.7 Å². The van der Waals surface area contributed by atoms with E-state index in [1.54, 1.807) is 4.90 Å². The highest BCUT2D eigenvalue weighted by Crippen LogP contribution is 2.35. The van der Waals surface area contributed by atoms with Crippen LogP contribution in [0.15, 0.2) is 24.3 Å². The molecule has 2 atom stereocenters. The van der Waals surface area contributed by atoms with Crippen LogP contribution in [0.5, 0.6) is 5.75 Å². The van der Waals surface area contributed by atoms with Crippen molar-refractivity contribution in [3.8, 4) is 5.75 Å². The molecular formula is C14H15NO4. The number of carboxylic acid groups (broad SMARTS) is 1. The summed E-state index contributed by atoms with van der Waals surface area (Å²) in [5.41, 5.74) is 0.909. The quantitative estimate of drug-likeness (QED) is 0.865. The van der Waals surface area contributed by atoms with Crippen molar-refractivity contribution in [1.82, 2.24) is 4.90 Å². The zero-order valence-corrected chi connectivity index (χ0v) is 10.4. The van der Waals surface area contributed by atoms with Crippen LogP contribution in [-0.4, -0.2) is 41.6 Å². The monoisotopic (exact) mass is 261 g/mol. The second-order valence-electron chi connectivity index (χ2n) is 5.01. The highest BCUT2D eigenvalue weighted by Gasteiger charge is 2.37. The Morgan fingerprint density at radius 2 is 2.11 bits per heavy atom. The van der Waals surface area contributed by atoms with Crippen LogP contribution in [0.3, 0.4) is 0 Å². The summed E-state index contributed by atoms with van der Waals surface area (Å²) in [6, 6.07) is 7.52. The Kier molecular flexibility index (Phi) is 2.89. The van der Waals surface area contributed by atoms with Crippen LogP contribution in [0.4, 0.5) is 0 Å². The average molecular weight is 261 g/mol. The maximum atomic E-state index is 12.4. The highest BCUT2D eigenvalue weighted by molar-refractivity contribution is 5.86. The number of carbonyl (C=O) groups is 2. The average Bonchev–Trinajstić information content (AvgIpc) is 3.05. The largest absolute Gasteiger partial charge is 0.492 e. The van der Waals surface area contributed by atoms with E-state index >= 15 is 0 Å². The molecular weight excluding hydrogens is 246 g/mol. The Hall–Kier alpha value is -2.04. The molecule has 100 valence electrons. The Bertz CT molecular complexity index is 528. The van der Waals surface area contributed by atoms with Gasteiger partial charge in [0.15, 0.2) is 0 Å². The van der Waals surface area contributed by atoms with E-state index in [9.17, 15) is 9.59 Å². The second kappa shape index (κ2) is 4.57. The fourth-order valence-corrected chi connectivity index (χ4v) is 2.75. The van der Waals surface area contributed by atoms with E-state index in [2.05, 4.69) is 0 Å². The lowest BCUT2D eigenvalue weighted by atomic mass is 10.00. The van der Waals surface area contributed by atoms with Gasteiger partial charge in [-0.25, -0.2) is 0 Å². The molecule has 2 aliphatic rings. The first-order valence-electron chi connectivity index (χ1n) is 6.40. The molecule has 0 aliphatic carbocycles. The summed E-state index contributed by atoms with van der Waals surface area (Å²) in [6.07, 6.45) is 0.538. The van der Waals surface area contributed by atoms with Gasteiger partial charge in [0.05, 0.1) is 5.92 Å². The van der Waals surface area contributed by atoms with Gasteiger partial charge >= 0.3 is 5.97 Å². The van der Waals surface area contributed by atoms with Gasteiger partial charge in [0, 0.05) is 18.7 Å². The summed E-state index contributed by atoms with van der Waals surface area (Å²) in [7, 11) is 0. The van der Waals surface area contributed by atoms with Crippen molar-refractivity contribution >= 4 is 11.9 Å². The third kappa shape index (κ3) is 2.05. The summed E-state index contributed by atoms with van der Waals surface area (Å²) < 4.78 is 5.50. The minimum absolute atomic E-state index is 0.0197. The van der Waals surface area contributed by atoms with Gasteiger partial charge in [-0.2, -0.15) is 0 Å². The summed E-state index contributed by atoms with van der Waals surface area (Å²) in [6.45, 7) is 1.19. The van der Waals surface area contributed by atoms with Gasteiger partial charge in [-0.15, -0.1) is 0 Å². The van der Waals surface area contributed by atoms with E-state index in [-0.39, 0.29) is 11.8 Å². The lowest BCUT2D eigenvalue weighted by Gasteiger charge is -2.19. The van der Waals surface area contributed by atoms with Crippen molar-refractivity contribution in [3.63, 3.8) is 0 Å². The smallest absolute Gasteiger partial charge is 0.308 e. The predicted octanol–water partition coefficient (Wildman–Crippen LogP) is 1.10. The topological polar surface area (TPSA) is 66.8 Å². The number of carbonyl (C=O) groups excluding carboxylic acids is 1. The number of carboxylic acids is 1. The third-order valence-corrected chi connectivity index (χ3v) is 3.85. The molecule has 3 rings (SSSR count). The number of hydrogen-bond acceptors (Lipinski definition) is 3. The molecule has 0 spiro atoms. The molecule has 1 fully saturated rings. The normalized spacial score (nSPS) is 24.9. The molecule has 0 unspecified atom stereocenters. The third-order valence-electron chi connectivity index (χ3n) is 3.85. The van der Waals surface area contributed by atoms with Gasteiger partial charge in [-0.3, -0.25) is 9.59 Å². The van der Waals surface area contributed by atoms with Crippen LogP contribution >= 0.6 is 0 Å². The number of ether oxygens (including phenoxy) is 1. The minimum atomic E-state index is -0.821. The van der Waals surface area contributed by atoms with E-state index in [0.717, 1.165) is 11.3 Å². The van der Waals surface area contributed by atoms with E-state index < -0.39 is 11.9 Å². The molecule has 0 saturated carbocycles. The number of likely N-dealkylation sites (tertiary alicyclic amines) is 1. The number of aliphatic carboxylic acids is 1. The standard InChI is InChI=1S/C14H15NO4/c16-13(15-6-5-9(7-15)14(17)18)11-8-19-12-4-2-1-3-10(11)12/h1-4,9,11H,5-8H2,(H,17,18)/t9-,11+/m0/s1. The first kappa shape index (κ1) is 12.0. The number of para-hydroxylation sites is 1. The van der Waals surface area contributed by atoms with Gasteiger partial charge in [0.2, 0.25) is 5.91 Å². The van der Waals surface area contributed by atoms with Crippen LogP contribution in [0.2, 0.25) is 0 Å². The molecule has 0 radical (unpaired) electrons. The van der Waals surface area contributed by atoms with Crippen LogP contribution in [0.1, 0.15) is 17.9 Å². The van der Waals surface area contributed by atoms with Crippen LogP contribution < -0.4 is 4.74 Å². The van der Waals surface area contributed by atoms with E-state index in [1.165, 1.54) is 0 Å². The van der Waals surface area contributed by atoms with Gasteiger partial charge in [-0.05, 0) is 12.5 Å². The maximum absolute atomic E-state index is 12.4. The SMILES string of the molecule is O=C(O)[C@H]1CCN(C(=O)[C@@H]2COc3ccccc32)C1. The Morgan fingerprint density at radius 1 is 1.32 bits per heavy atom. The van der Waals surface area contributed by atoms with Gasteiger partial charge in [0.25, 0.3) is 0 Å². The lowest BCUT2D eigenvalue weighted by Crippen LogP contribution is -2.34. The van der Waals surface area contributed by atoms with Crippen molar-refractivity contribution < 1.29 is 19.4 Å². The second-order valence-corrected chi connectivity index (χ2v) is 5.01. The molecule has 1 aromatic rings. The Labute approximate surface area is 110 Å². The summed E-state index contributed by atoms with van der Waals surface area (Å²) in [5, 5.41) is 8.97. The molecule has 19 heavy (non-hydrogen) atoms. The van der Waals surface area contributed by atoms with Gasteiger partial charge in [-0.1, -0.05) is 18.2 Å². The fourth-order valence-electron chi connectivity index (χ4n) is 2.75. The van der Waals surface area contributed by atoms with Crippen LogP contribution in [-0.2, 0) is 9.59 Å². The van der Waals surface area contributed by atoms with E-state index in [4.69, 9.17) is 9.84 Å². The number of benzene rings is 1. The van der Waals surface area contributed by atoms with Crippen molar-refractivity contribution in [2.45, 2.75) is 12.3 Å². The van der Waals surface area contributed by atoms with Crippen molar-refractivity contribution in [3.05, 3.63) is 29.8 Å². The molecule has 0 bridgehead atoms. The first-order valence-corrected chi connectivity index (χ1v) is 6.40. The maximum Gasteiger partial charge on any atom is 0.308 e. The zero-order valence-electron chi connectivity index (χ0n) is 10.4. The first-order chi connectivity index (χ1) is 9.16. The molecule has 1 aromatic carbocycles. The molecule has 1 N–H and O–H groups in total. The number of amides is 1. The van der Waals surface area contributed by atoms with Gasteiger partial charge in [0.1, 0.15) is 18.3 Å². The number of fused-ring (bicyclic) bond motifs is 1. The van der Waals surface area contributed by atoms with Crippen molar-refractivity contribution in [1.29, 1.82) is 0 Å². The minimum Gasteiger partial charge on any atom is -0.492 e. The summed E-state index contributed by atoms with van der Waals surface area (Å²) in [5.74, 6) is -0.799. The molecule has 5 nitrogen and oxygen atoms in total. The molecule has 5 heteroatoms. The molecule has 1 saturated heterocycles. The Morgan fingerprint density at radius 3 is 2.84 bits per heavy atom. The number of nitrogens with zero attached hydrogens (tertiary/aromatic N) is 1. The summed E-state index contributed by atoms with van der Waals surface area (Å²) in [4.78, 5) is 25.0.